The van der Waals surface area contributed by atoms with Gasteiger partial charge in [-0.15, -0.1) is 0 Å². The third-order valence-corrected chi connectivity index (χ3v) is 4.85. The lowest BCUT2D eigenvalue weighted by atomic mass is 9.91. The summed E-state index contributed by atoms with van der Waals surface area (Å²) in [4.78, 5) is 0. The predicted octanol–water partition coefficient (Wildman–Crippen LogP) is 2.18. The Balaban J connectivity index is 1.86. The first-order chi connectivity index (χ1) is 12.0. The fourth-order valence-electron chi connectivity index (χ4n) is 3.09. The van der Waals surface area contributed by atoms with Crippen LogP contribution in [0.5, 0.6) is 5.75 Å². The molecule has 0 saturated carbocycles. The minimum absolute atomic E-state index is 0.197. The third-order valence-electron chi connectivity index (χ3n) is 4.48. The average Bonchev–Trinajstić information content (AvgIpc) is 2.61. The molecule has 6 heteroatoms. The molecule has 5 nitrogen and oxygen atoms in total. The lowest BCUT2D eigenvalue weighted by molar-refractivity contribution is -0.179. The summed E-state index contributed by atoms with van der Waals surface area (Å²) in [6.07, 6.45) is -2.50. The molecule has 0 radical (unpaired) electrons. The fourth-order valence-corrected chi connectivity index (χ4v) is 3.27. The molecule has 25 heavy (non-hydrogen) atoms. The SMILES string of the molecule is OC[C@@H]1C[C@H](O)C(O)[C@H](c2ccc(Cl)c(Cc3ccc(O)cc3)c2)O1. The van der Waals surface area contributed by atoms with Gasteiger partial charge in [-0.3, -0.25) is 0 Å². The zero-order valence-corrected chi connectivity index (χ0v) is 14.3. The lowest BCUT2D eigenvalue weighted by Gasteiger charge is -2.37. The molecular formula is C19H21ClO5. The molecule has 0 aromatic heterocycles. The van der Waals surface area contributed by atoms with Crippen molar-refractivity contribution in [2.45, 2.75) is 37.3 Å². The smallest absolute Gasteiger partial charge is 0.115 e. The van der Waals surface area contributed by atoms with E-state index in [0.29, 0.717) is 17.0 Å². The molecule has 2 aromatic carbocycles. The lowest BCUT2D eigenvalue weighted by Crippen LogP contribution is -2.44. The Hall–Kier alpha value is -1.63. The normalized spacial score (nSPS) is 26.6. The van der Waals surface area contributed by atoms with Gasteiger partial charge in [0.1, 0.15) is 18.0 Å². The molecule has 0 amide bonds. The highest BCUT2D eigenvalue weighted by Gasteiger charge is 2.37. The van der Waals surface area contributed by atoms with Crippen LogP contribution in [-0.2, 0) is 11.2 Å². The number of hydrogen-bond acceptors (Lipinski definition) is 5. The van der Waals surface area contributed by atoms with Crippen LogP contribution in [-0.4, -0.2) is 45.3 Å². The van der Waals surface area contributed by atoms with E-state index in [4.69, 9.17) is 16.3 Å². The first-order valence-electron chi connectivity index (χ1n) is 8.16. The molecule has 1 saturated heterocycles. The summed E-state index contributed by atoms with van der Waals surface area (Å²) in [7, 11) is 0. The molecule has 1 unspecified atom stereocenters. The van der Waals surface area contributed by atoms with Gasteiger partial charge in [0.05, 0.1) is 18.8 Å². The summed E-state index contributed by atoms with van der Waals surface area (Å²) in [6, 6.07) is 12.2. The molecule has 0 bridgehead atoms. The van der Waals surface area contributed by atoms with Crippen LogP contribution in [0.2, 0.25) is 5.02 Å². The predicted molar refractivity (Wildman–Crippen MR) is 93.7 cm³/mol. The van der Waals surface area contributed by atoms with Gasteiger partial charge < -0.3 is 25.2 Å². The number of rotatable bonds is 4. The molecule has 134 valence electrons. The van der Waals surface area contributed by atoms with Crippen LogP contribution in [0.15, 0.2) is 42.5 Å². The molecule has 4 N–H and O–H groups in total. The second-order valence-electron chi connectivity index (χ2n) is 6.35. The number of phenols is 1. The van der Waals surface area contributed by atoms with Gasteiger partial charge in [0, 0.05) is 11.4 Å². The number of ether oxygens (including phenoxy) is 1. The van der Waals surface area contributed by atoms with E-state index >= 15 is 0 Å². The van der Waals surface area contributed by atoms with Crippen molar-refractivity contribution in [3.05, 3.63) is 64.2 Å². The fraction of sp³-hybridized carbons (Fsp3) is 0.368. The standard InChI is InChI=1S/C19H21ClO5/c20-16-6-3-12(19-18(24)17(23)9-15(10-21)25-19)8-13(16)7-11-1-4-14(22)5-2-11/h1-6,8,15,17-19,21-24H,7,9-10H2/t15-,17-,18?,19-/m0/s1. The first-order valence-corrected chi connectivity index (χ1v) is 8.54. The third kappa shape index (κ3) is 4.14. The summed E-state index contributed by atoms with van der Waals surface area (Å²) >= 11 is 6.30. The van der Waals surface area contributed by atoms with Crippen LogP contribution < -0.4 is 0 Å². The number of aliphatic hydroxyl groups is 3. The highest BCUT2D eigenvalue weighted by atomic mass is 35.5. The Morgan fingerprint density at radius 2 is 1.80 bits per heavy atom. The number of phenolic OH excluding ortho intramolecular Hbond substituents is 1. The molecule has 0 spiro atoms. The quantitative estimate of drug-likeness (QED) is 0.667. The van der Waals surface area contributed by atoms with E-state index in [1.54, 1.807) is 24.3 Å². The van der Waals surface area contributed by atoms with Crippen molar-refractivity contribution in [3.63, 3.8) is 0 Å². The summed E-state index contributed by atoms with van der Waals surface area (Å²) in [5.74, 6) is 0.200. The largest absolute Gasteiger partial charge is 0.508 e. The van der Waals surface area contributed by atoms with E-state index in [1.165, 1.54) is 0 Å². The van der Waals surface area contributed by atoms with Crippen LogP contribution >= 0.6 is 11.6 Å². The molecule has 3 rings (SSSR count). The number of halogens is 1. The number of aliphatic hydroxyl groups excluding tert-OH is 3. The molecule has 1 aliphatic rings. The van der Waals surface area contributed by atoms with E-state index in [9.17, 15) is 20.4 Å². The van der Waals surface area contributed by atoms with Gasteiger partial charge in [-0.1, -0.05) is 35.9 Å². The zero-order chi connectivity index (χ0) is 18.0. The monoisotopic (exact) mass is 364 g/mol. The summed E-state index contributed by atoms with van der Waals surface area (Å²) in [6.45, 7) is -0.214. The van der Waals surface area contributed by atoms with Crippen molar-refractivity contribution in [2.75, 3.05) is 6.61 Å². The van der Waals surface area contributed by atoms with Gasteiger partial charge in [0.15, 0.2) is 0 Å². The highest BCUT2D eigenvalue weighted by molar-refractivity contribution is 6.31. The molecular weight excluding hydrogens is 344 g/mol. The van der Waals surface area contributed by atoms with Crippen LogP contribution in [0, 0.1) is 0 Å². The van der Waals surface area contributed by atoms with Crippen LogP contribution in [0.3, 0.4) is 0 Å². The average molecular weight is 365 g/mol. The maximum Gasteiger partial charge on any atom is 0.115 e. The maximum absolute atomic E-state index is 10.3. The van der Waals surface area contributed by atoms with Gasteiger partial charge in [-0.25, -0.2) is 0 Å². The van der Waals surface area contributed by atoms with Crippen LogP contribution in [0.1, 0.15) is 29.2 Å². The Morgan fingerprint density at radius 3 is 2.48 bits per heavy atom. The maximum atomic E-state index is 10.3. The Kier molecular flexibility index (Phi) is 5.61. The minimum atomic E-state index is -1.06. The molecule has 1 heterocycles. The first kappa shape index (κ1) is 18.2. The topological polar surface area (TPSA) is 90.2 Å². The van der Waals surface area contributed by atoms with Gasteiger partial charge in [0.2, 0.25) is 0 Å². The summed E-state index contributed by atoms with van der Waals surface area (Å²) in [5, 5.41) is 39.6. The van der Waals surface area contributed by atoms with E-state index in [1.807, 2.05) is 18.2 Å². The van der Waals surface area contributed by atoms with E-state index < -0.39 is 24.4 Å². The van der Waals surface area contributed by atoms with E-state index in [0.717, 1.165) is 11.1 Å². The minimum Gasteiger partial charge on any atom is -0.508 e. The number of benzene rings is 2. The molecule has 1 aliphatic heterocycles. The second-order valence-corrected chi connectivity index (χ2v) is 6.76. The highest BCUT2D eigenvalue weighted by Crippen LogP contribution is 2.34. The van der Waals surface area contributed by atoms with Gasteiger partial charge in [0.25, 0.3) is 0 Å². The van der Waals surface area contributed by atoms with Crippen molar-refractivity contribution in [1.29, 1.82) is 0 Å². The molecule has 0 aliphatic carbocycles. The Labute approximate surface area is 151 Å². The number of hydrogen-bond donors (Lipinski definition) is 4. The van der Waals surface area contributed by atoms with Crippen molar-refractivity contribution >= 4 is 11.6 Å². The van der Waals surface area contributed by atoms with Crippen LogP contribution in [0.4, 0.5) is 0 Å². The van der Waals surface area contributed by atoms with Gasteiger partial charge >= 0.3 is 0 Å². The number of aromatic hydroxyl groups is 1. The van der Waals surface area contributed by atoms with E-state index in [2.05, 4.69) is 0 Å². The van der Waals surface area contributed by atoms with Crippen LogP contribution in [0.25, 0.3) is 0 Å². The van der Waals surface area contributed by atoms with Crippen molar-refractivity contribution < 1.29 is 25.2 Å². The van der Waals surface area contributed by atoms with Gasteiger partial charge in [-0.05, 0) is 41.3 Å². The van der Waals surface area contributed by atoms with E-state index in [-0.39, 0.29) is 18.8 Å². The molecule has 1 fully saturated rings. The Morgan fingerprint density at radius 1 is 1.08 bits per heavy atom. The molecule has 4 atom stereocenters. The zero-order valence-electron chi connectivity index (χ0n) is 13.5. The summed E-state index contributed by atoms with van der Waals surface area (Å²) in [5.41, 5.74) is 2.53. The summed E-state index contributed by atoms with van der Waals surface area (Å²) < 4.78 is 5.73. The Bertz CT molecular complexity index is 718. The van der Waals surface area contributed by atoms with Crippen molar-refractivity contribution in [3.8, 4) is 5.75 Å². The molecule has 2 aromatic rings. The van der Waals surface area contributed by atoms with Crippen molar-refractivity contribution in [2.24, 2.45) is 0 Å². The van der Waals surface area contributed by atoms with Crippen molar-refractivity contribution in [1.82, 2.24) is 0 Å². The van der Waals surface area contributed by atoms with Gasteiger partial charge in [-0.2, -0.15) is 0 Å². The second kappa shape index (κ2) is 7.72.